The second-order valence-electron chi connectivity index (χ2n) is 4.61. The Balaban J connectivity index is 2.14. The molecule has 0 fully saturated rings. The average molecular weight is 366 g/mol. The van der Waals surface area contributed by atoms with E-state index in [0.29, 0.717) is 6.04 Å². The average Bonchev–Trinajstić information content (AvgIpc) is 2.45. The van der Waals surface area contributed by atoms with Crippen LogP contribution in [-0.4, -0.2) is 12.0 Å². The molecule has 1 heterocycles. The maximum Gasteiger partial charge on any atom is 0.0422 e. The third-order valence-corrected chi connectivity index (χ3v) is 3.98. The van der Waals surface area contributed by atoms with E-state index in [0.717, 1.165) is 18.5 Å². The summed E-state index contributed by atoms with van der Waals surface area (Å²) in [6.45, 7) is 2.15. The molecule has 100 valence electrons. The number of hydrogen-bond donors (Lipinski definition) is 1. The zero-order chi connectivity index (χ0) is 13.7. The molecule has 0 saturated heterocycles. The van der Waals surface area contributed by atoms with Gasteiger partial charge in [0, 0.05) is 27.9 Å². The Bertz CT molecular complexity index is 523. The van der Waals surface area contributed by atoms with Gasteiger partial charge in [-0.05, 0) is 65.4 Å². The smallest absolute Gasteiger partial charge is 0.0422 e. The van der Waals surface area contributed by atoms with Gasteiger partial charge in [-0.3, -0.25) is 4.98 Å². The molecule has 0 saturated carbocycles. The minimum Gasteiger partial charge on any atom is -0.313 e. The standard InChI is InChI=1S/C16H19IN2/c1-3-12-7-8-15(19-11-12)10-16(18-2)13-5-4-6-14(17)9-13/h4-9,11,16,18H,3,10H2,1-2H3. The van der Waals surface area contributed by atoms with Crippen LogP contribution in [-0.2, 0) is 12.8 Å². The summed E-state index contributed by atoms with van der Waals surface area (Å²) in [4.78, 5) is 4.54. The highest BCUT2D eigenvalue weighted by molar-refractivity contribution is 14.1. The molecule has 19 heavy (non-hydrogen) atoms. The molecule has 0 bridgehead atoms. The van der Waals surface area contributed by atoms with Gasteiger partial charge in [0.05, 0.1) is 0 Å². The zero-order valence-electron chi connectivity index (χ0n) is 11.4. The fourth-order valence-electron chi connectivity index (χ4n) is 2.10. The Labute approximate surface area is 128 Å². The summed E-state index contributed by atoms with van der Waals surface area (Å²) in [6.07, 6.45) is 3.94. The zero-order valence-corrected chi connectivity index (χ0v) is 13.5. The predicted octanol–water partition coefficient (Wildman–Crippen LogP) is 3.75. The predicted molar refractivity (Wildman–Crippen MR) is 88.3 cm³/mol. The van der Waals surface area contributed by atoms with Crippen molar-refractivity contribution in [3.8, 4) is 0 Å². The number of nitrogens with one attached hydrogen (secondary N) is 1. The minimum atomic E-state index is 0.315. The van der Waals surface area contributed by atoms with Gasteiger partial charge in [-0.25, -0.2) is 0 Å². The number of pyridine rings is 1. The number of hydrogen-bond acceptors (Lipinski definition) is 2. The summed E-state index contributed by atoms with van der Waals surface area (Å²) >= 11 is 2.35. The number of benzene rings is 1. The van der Waals surface area contributed by atoms with Gasteiger partial charge < -0.3 is 5.32 Å². The molecular formula is C16H19IN2. The van der Waals surface area contributed by atoms with E-state index in [2.05, 4.69) is 76.2 Å². The Hall–Kier alpha value is -0.940. The lowest BCUT2D eigenvalue weighted by Crippen LogP contribution is -2.19. The molecule has 1 atom stereocenters. The highest BCUT2D eigenvalue weighted by Crippen LogP contribution is 2.19. The van der Waals surface area contributed by atoms with E-state index in [1.165, 1.54) is 14.7 Å². The number of likely N-dealkylation sites (N-methyl/N-ethyl adjacent to an activating group) is 1. The first-order valence-corrected chi connectivity index (χ1v) is 7.67. The van der Waals surface area contributed by atoms with E-state index in [9.17, 15) is 0 Å². The Kier molecular flexibility index (Phi) is 5.34. The molecule has 2 rings (SSSR count). The van der Waals surface area contributed by atoms with Crippen LogP contribution in [0.1, 0.15) is 29.8 Å². The first kappa shape index (κ1) is 14.5. The summed E-state index contributed by atoms with van der Waals surface area (Å²) in [5, 5.41) is 3.38. The van der Waals surface area contributed by atoms with Gasteiger partial charge in [0.15, 0.2) is 0 Å². The summed E-state index contributed by atoms with van der Waals surface area (Å²) in [6, 6.07) is 13.2. The molecule has 0 aliphatic carbocycles. The monoisotopic (exact) mass is 366 g/mol. The molecule has 0 amide bonds. The van der Waals surface area contributed by atoms with Gasteiger partial charge in [-0.15, -0.1) is 0 Å². The third kappa shape index (κ3) is 4.01. The van der Waals surface area contributed by atoms with Crippen molar-refractivity contribution in [2.75, 3.05) is 7.05 Å². The normalized spacial score (nSPS) is 12.4. The van der Waals surface area contributed by atoms with Crippen molar-refractivity contribution in [3.63, 3.8) is 0 Å². The Morgan fingerprint density at radius 1 is 1.26 bits per heavy atom. The first-order chi connectivity index (χ1) is 9.22. The SMILES string of the molecule is CCc1ccc(CC(NC)c2cccc(I)c2)nc1. The van der Waals surface area contributed by atoms with E-state index >= 15 is 0 Å². The van der Waals surface area contributed by atoms with Crippen LogP contribution in [0.25, 0.3) is 0 Å². The largest absolute Gasteiger partial charge is 0.313 e. The van der Waals surface area contributed by atoms with Gasteiger partial charge in [0.25, 0.3) is 0 Å². The second-order valence-corrected chi connectivity index (χ2v) is 5.86. The van der Waals surface area contributed by atoms with E-state index in [-0.39, 0.29) is 0 Å². The molecule has 0 aliphatic rings. The number of aryl methyl sites for hydroxylation is 1. The van der Waals surface area contributed by atoms with Crippen LogP contribution in [0.3, 0.4) is 0 Å². The molecule has 2 nitrogen and oxygen atoms in total. The summed E-state index contributed by atoms with van der Waals surface area (Å²) in [5.74, 6) is 0. The lowest BCUT2D eigenvalue weighted by atomic mass is 10.0. The highest BCUT2D eigenvalue weighted by atomic mass is 127. The van der Waals surface area contributed by atoms with Crippen LogP contribution in [0.15, 0.2) is 42.6 Å². The van der Waals surface area contributed by atoms with Crippen LogP contribution < -0.4 is 5.32 Å². The molecule has 2 aromatic rings. The topological polar surface area (TPSA) is 24.9 Å². The molecule has 0 spiro atoms. The van der Waals surface area contributed by atoms with E-state index < -0.39 is 0 Å². The molecule has 0 aliphatic heterocycles. The van der Waals surface area contributed by atoms with Crippen LogP contribution in [0.5, 0.6) is 0 Å². The maximum absolute atomic E-state index is 4.54. The van der Waals surface area contributed by atoms with Crippen molar-refractivity contribution in [2.45, 2.75) is 25.8 Å². The van der Waals surface area contributed by atoms with Crippen LogP contribution in [0, 0.1) is 3.57 Å². The van der Waals surface area contributed by atoms with Crippen LogP contribution in [0.2, 0.25) is 0 Å². The van der Waals surface area contributed by atoms with Gasteiger partial charge in [-0.2, -0.15) is 0 Å². The molecule has 3 heteroatoms. The van der Waals surface area contributed by atoms with E-state index in [4.69, 9.17) is 0 Å². The van der Waals surface area contributed by atoms with Crippen LogP contribution in [0.4, 0.5) is 0 Å². The molecule has 0 radical (unpaired) electrons. The minimum absolute atomic E-state index is 0.315. The second kappa shape index (κ2) is 7.01. The number of rotatable bonds is 5. The van der Waals surface area contributed by atoms with Crippen LogP contribution >= 0.6 is 22.6 Å². The van der Waals surface area contributed by atoms with Crippen molar-refractivity contribution >= 4 is 22.6 Å². The fraction of sp³-hybridized carbons (Fsp3) is 0.312. The van der Waals surface area contributed by atoms with Crippen molar-refractivity contribution in [2.24, 2.45) is 0 Å². The van der Waals surface area contributed by atoms with Crippen molar-refractivity contribution in [3.05, 3.63) is 63.0 Å². The van der Waals surface area contributed by atoms with Gasteiger partial charge in [0.2, 0.25) is 0 Å². The maximum atomic E-state index is 4.54. The van der Waals surface area contributed by atoms with Crippen molar-refractivity contribution in [1.29, 1.82) is 0 Å². The van der Waals surface area contributed by atoms with Crippen molar-refractivity contribution < 1.29 is 0 Å². The lowest BCUT2D eigenvalue weighted by Gasteiger charge is -2.16. The molecular weight excluding hydrogens is 347 g/mol. The Morgan fingerprint density at radius 2 is 2.11 bits per heavy atom. The molecule has 1 unspecified atom stereocenters. The molecule has 1 N–H and O–H groups in total. The summed E-state index contributed by atoms with van der Waals surface area (Å²) in [7, 11) is 2.00. The Morgan fingerprint density at radius 3 is 2.68 bits per heavy atom. The third-order valence-electron chi connectivity index (χ3n) is 3.31. The van der Waals surface area contributed by atoms with E-state index in [1.807, 2.05) is 13.2 Å². The van der Waals surface area contributed by atoms with E-state index in [1.54, 1.807) is 0 Å². The highest BCUT2D eigenvalue weighted by Gasteiger charge is 2.11. The van der Waals surface area contributed by atoms with Gasteiger partial charge >= 0.3 is 0 Å². The van der Waals surface area contributed by atoms with Gasteiger partial charge in [-0.1, -0.05) is 25.1 Å². The number of halogens is 1. The van der Waals surface area contributed by atoms with Gasteiger partial charge in [0.1, 0.15) is 0 Å². The molecule has 1 aromatic heterocycles. The first-order valence-electron chi connectivity index (χ1n) is 6.59. The quantitative estimate of drug-likeness (QED) is 0.816. The number of nitrogens with zero attached hydrogens (tertiary/aromatic N) is 1. The summed E-state index contributed by atoms with van der Waals surface area (Å²) < 4.78 is 1.27. The summed E-state index contributed by atoms with van der Waals surface area (Å²) in [5.41, 5.74) is 3.74. The number of aromatic nitrogens is 1. The lowest BCUT2D eigenvalue weighted by molar-refractivity contribution is 0.584. The van der Waals surface area contributed by atoms with Crippen molar-refractivity contribution in [1.82, 2.24) is 10.3 Å². The molecule has 1 aromatic carbocycles. The fourth-order valence-corrected chi connectivity index (χ4v) is 2.67.